The summed E-state index contributed by atoms with van der Waals surface area (Å²) in [5.74, 6) is 0.766. The van der Waals surface area contributed by atoms with Gasteiger partial charge >= 0.3 is 0 Å². The highest BCUT2D eigenvalue weighted by atomic mass is 16.5. The molecule has 18 heavy (non-hydrogen) atoms. The highest BCUT2D eigenvalue weighted by Crippen LogP contribution is 2.07. The van der Waals surface area contributed by atoms with Crippen LogP contribution < -0.4 is 4.74 Å². The lowest BCUT2D eigenvalue weighted by atomic mass is 10.2. The van der Waals surface area contributed by atoms with E-state index in [-0.39, 0.29) is 6.61 Å². The molecule has 0 atom stereocenters. The number of nitrogens with zero attached hydrogens (tertiary/aromatic N) is 1. The second-order valence-electron chi connectivity index (χ2n) is 3.87. The van der Waals surface area contributed by atoms with Crippen LogP contribution in [-0.2, 0) is 6.54 Å². The molecule has 0 amide bonds. The van der Waals surface area contributed by atoms with Gasteiger partial charge in [0.25, 0.3) is 0 Å². The molecule has 0 radical (unpaired) electrons. The summed E-state index contributed by atoms with van der Waals surface area (Å²) in [5.41, 5.74) is 0.989. The molecular weight excluding hydrogens is 226 g/mol. The van der Waals surface area contributed by atoms with Crippen LogP contribution in [0.4, 0.5) is 0 Å². The zero-order valence-corrected chi connectivity index (χ0v) is 10.0. The molecule has 0 saturated carbocycles. The maximum absolute atomic E-state index is 11.6. The molecule has 92 valence electrons. The topological polar surface area (TPSA) is 35.3 Å². The number of benzene rings is 2. The largest absolute Gasteiger partial charge is 0.624 e. The van der Waals surface area contributed by atoms with E-state index in [0.29, 0.717) is 6.54 Å². The van der Waals surface area contributed by atoms with Gasteiger partial charge in [-0.05, 0) is 12.1 Å². The van der Waals surface area contributed by atoms with E-state index in [1.54, 1.807) is 0 Å². The van der Waals surface area contributed by atoms with Crippen molar-refractivity contribution in [1.82, 2.24) is 0 Å². The van der Waals surface area contributed by atoms with Gasteiger partial charge in [0, 0.05) is 5.56 Å². The van der Waals surface area contributed by atoms with Crippen LogP contribution in [0.15, 0.2) is 60.7 Å². The molecule has 0 aliphatic rings. The standard InChI is InChI=1S/C15H15NO2/c17-16(13-14-7-3-1-4-8-14)11-12-18-15-9-5-2-6-10-15/h1-11H,12-13H2/b16-11-. The SMILES string of the molecule is [O-]/[N+](=C\COc1ccccc1)Cc1ccccc1. The summed E-state index contributed by atoms with van der Waals surface area (Å²) in [6.07, 6.45) is 1.50. The Hall–Kier alpha value is -2.29. The van der Waals surface area contributed by atoms with Gasteiger partial charge in [0.1, 0.15) is 5.75 Å². The molecule has 0 N–H and O–H groups in total. The first kappa shape index (κ1) is 12.2. The minimum atomic E-state index is 0.278. The second kappa shape index (κ2) is 6.45. The maximum atomic E-state index is 11.6. The molecular formula is C15H15NO2. The van der Waals surface area contributed by atoms with Crippen molar-refractivity contribution in [2.45, 2.75) is 6.54 Å². The van der Waals surface area contributed by atoms with Gasteiger partial charge in [-0.15, -0.1) is 0 Å². The van der Waals surface area contributed by atoms with E-state index in [9.17, 15) is 5.21 Å². The third kappa shape index (κ3) is 3.94. The van der Waals surface area contributed by atoms with Crippen molar-refractivity contribution in [1.29, 1.82) is 0 Å². The highest BCUT2D eigenvalue weighted by Gasteiger charge is 1.97. The molecule has 3 nitrogen and oxygen atoms in total. The fourth-order valence-electron chi connectivity index (χ4n) is 1.56. The molecule has 3 heteroatoms. The van der Waals surface area contributed by atoms with E-state index in [1.165, 1.54) is 6.21 Å². The van der Waals surface area contributed by atoms with Crippen LogP contribution in [-0.4, -0.2) is 17.6 Å². The van der Waals surface area contributed by atoms with Crippen molar-refractivity contribution in [3.8, 4) is 5.75 Å². The third-order valence-corrected chi connectivity index (χ3v) is 2.45. The van der Waals surface area contributed by atoms with Gasteiger partial charge in [0.05, 0.1) is 0 Å². The molecule has 0 saturated heterocycles. The van der Waals surface area contributed by atoms with Crippen LogP contribution in [0.5, 0.6) is 5.75 Å². The smallest absolute Gasteiger partial charge is 0.189 e. The molecule has 2 rings (SSSR count). The molecule has 0 heterocycles. The molecule has 0 aliphatic carbocycles. The minimum absolute atomic E-state index is 0.278. The van der Waals surface area contributed by atoms with E-state index >= 15 is 0 Å². The van der Waals surface area contributed by atoms with E-state index in [0.717, 1.165) is 16.1 Å². The lowest BCUT2D eigenvalue weighted by molar-refractivity contribution is -0.471. The second-order valence-corrected chi connectivity index (χ2v) is 3.87. The van der Waals surface area contributed by atoms with Gasteiger partial charge < -0.3 is 9.94 Å². The van der Waals surface area contributed by atoms with Crippen LogP contribution in [0.25, 0.3) is 0 Å². The quantitative estimate of drug-likeness (QED) is 0.349. The Labute approximate surface area is 107 Å². The summed E-state index contributed by atoms with van der Waals surface area (Å²) >= 11 is 0. The Morgan fingerprint density at radius 3 is 2.22 bits per heavy atom. The number of ether oxygens (including phenoxy) is 1. The summed E-state index contributed by atoms with van der Waals surface area (Å²) in [6.45, 7) is 0.624. The first-order valence-corrected chi connectivity index (χ1v) is 5.83. The fourth-order valence-corrected chi connectivity index (χ4v) is 1.56. The van der Waals surface area contributed by atoms with E-state index in [4.69, 9.17) is 4.74 Å². The minimum Gasteiger partial charge on any atom is -0.624 e. The van der Waals surface area contributed by atoms with E-state index in [2.05, 4.69) is 0 Å². The molecule has 2 aromatic rings. The van der Waals surface area contributed by atoms with Crippen molar-refractivity contribution in [3.63, 3.8) is 0 Å². The monoisotopic (exact) mass is 241 g/mol. The predicted molar refractivity (Wildman–Crippen MR) is 71.8 cm³/mol. The first-order chi connectivity index (χ1) is 8.84. The Morgan fingerprint density at radius 2 is 1.56 bits per heavy atom. The fraction of sp³-hybridized carbons (Fsp3) is 0.133. The van der Waals surface area contributed by atoms with Crippen molar-refractivity contribution >= 4 is 6.21 Å². The maximum Gasteiger partial charge on any atom is 0.189 e. The van der Waals surface area contributed by atoms with Gasteiger partial charge in [0.15, 0.2) is 19.4 Å². The van der Waals surface area contributed by atoms with Crippen molar-refractivity contribution in [2.24, 2.45) is 0 Å². The Morgan fingerprint density at radius 1 is 0.944 bits per heavy atom. The zero-order chi connectivity index (χ0) is 12.6. The summed E-state index contributed by atoms with van der Waals surface area (Å²) in [4.78, 5) is 0. The number of hydrogen-bond donors (Lipinski definition) is 0. The van der Waals surface area contributed by atoms with Crippen molar-refractivity contribution < 1.29 is 9.48 Å². The number of rotatable bonds is 5. The molecule has 0 spiro atoms. The number of hydrogen-bond acceptors (Lipinski definition) is 2. The summed E-state index contributed by atoms with van der Waals surface area (Å²) in [5, 5.41) is 11.6. The number of hydroxylamine groups is 1. The average Bonchev–Trinajstić information content (AvgIpc) is 2.41. The van der Waals surface area contributed by atoms with Gasteiger partial charge in [0.2, 0.25) is 0 Å². The van der Waals surface area contributed by atoms with Gasteiger partial charge in [-0.2, -0.15) is 0 Å². The Kier molecular flexibility index (Phi) is 4.36. The number of para-hydroxylation sites is 1. The Bertz CT molecular complexity index is 494. The van der Waals surface area contributed by atoms with E-state index in [1.807, 2.05) is 60.7 Å². The molecule has 0 aromatic heterocycles. The van der Waals surface area contributed by atoms with Gasteiger partial charge in [-0.3, -0.25) is 0 Å². The average molecular weight is 241 g/mol. The van der Waals surface area contributed by atoms with Crippen LogP contribution in [0.3, 0.4) is 0 Å². The van der Waals surface area contributed by atoms with Crippen LogP contribution in [0, 0.1) is 5.21 Å². The first-order valence-electron chi connectivity index (χ1n) is 5.83. The van der Waals surface area contributed by atoms with Crippen LogP contribution in [0.2, 0.25) is 0 Å². The van der Waals surface area contributed by atoms with Gasteiger partial charge in [-0.25, -0.2) is 4.74 Å². The molecule has 0 fully saturated rings. The summed E-state index contributed by atoms with van der Waals surface area (Å²) in [6, 6.07) is 19.1. The third-order valence-electron chi connectivity index (χ3n) is 2.45. The zero-order valence-electron chi connectivity index (χ0n) is 10.0. The highest BCUT2D eigenvalue weighted by molar-refractivity contribution is 5.53. The van der Waals surface area contributed by atoms with Crippen LogP contribution >= 0.6 is 0 Å². The predicted octanol–water partition coefficient (Wildman–Crippen LogP) is 2.85. The molecule has 0 bridgehead atoms. The van der Waals surface area contributed by atoms with Crippen molar-refractivity contribution in [2.75, 3.05) is 6.61 Å². The summed E-state index contributed by atoms with van der Waals surface area (Å²) < 4.78 is 6.30. The van der Waals surface area contributed by atoms with Crippen molar-refractivity contribution in [3.05, 3.63) is 71.4 Å². The van der Waals surface area contributed by atoms with Crippen LogP contribution in [0.1, 0.15) is 5.56 Å². The summed E-state index contributed by atoms with van der Waals surface area (Å²) in [7, 11) is 0. The Balaban J connectivity index is 1.83. The van der Waals surface area contributed by atoms with E-state index < -0.39 is 0 Å². The lowest BCUT2D eigenvalue weighted by Crippen LogP contribution is -2.10. The molecule has 0 unspecified atom stereocenters. The lowest BCUT2D eigenvalue weighted by Gasteiger charge is -2.05. The molecule has 0 aliphatic heterocycles. The molecule has 2 aromatic carbocycles. The normalized spacial score (nSPS) is 11.2. The van der Waals surface area contributed by atoms with Gasteiger partial charge in [-0.1, -0.05) is 48.5 Å².